The van der Waals surface area contributed by atoms with Crippen LogP contribution in [0.3, 0.4) is 0 Å². The average Bonchev–Trinajstić information content (AvgIpc) is 2.87. The first-order valence-electron chi connectivity index (χ1n) is 7.56. The lowest BCUT2D eigenvalue weighted by atomic mass is 9.92. The summed E-state index contributed by atoms with van der Waals surface area (Å²) in [6.07, 6.45) is -1.28. The summed E-state index contributed by atoms with van der Waals surface area (Å²) in [5.41, 5.74) is 2.72. The van der Waals surface area contributed by atoms with Gasteiger partial charge in [0.1, 0.15) is 12.2 Å². The van der Waals surface area contributed by atoms with E-state index >= 15 is 0 Å². The quantitative estimate of drug-likeness (QED) is 0.584. The monoisotopic (exact) mass is 293 g/mol. The van der Waals surface area contributed by atoms with E-state index in [0.717, 1.165) is 12.8 Å². The highest BCUT2D eigenvalue weighted by atomic mass is 16.4. The molecule has 2 aliphatic rings. The number of piperidine rings is 1. The zero-order valence-corrected chi connectivity index (χ0v) is 12.0. The van der Waals surface area contributed by atoms with Crippen molar-refractivity contribution in [2.24, 2.45) is 5.92 Å². The van der Waals surface area contributed by atoms with Crippen LogP contribution in [0.2, 0.25) is 0 Å². The van der Waals surface area contributed by atoms with Gasteiger partial charge >= 0.3 is 0 Å². The standard InChI is InChI=1S/C16H23NO4/c18-9-13-15(20)16(21)14(19)8-17(13)7-10-5-11-3-1-2-4-12(11)6-10/h1-4,10,13-16,18-21H,5-9H2/t13-,14-,15+,16+/m0/s1. The largest absolute Gasteiger partial charge is 0.395 e. The molecule has 0 radical (unpaired) electrons. The van der Waals surface area contributed by atoms with Gasteiger partial charge in [0.2, 0.25) is 0 Å². The van der Waals surface area contributed by atoms with Gasteiger partial charge in [-0.2, -0.15) is 0 Å². The minimum atomic E-state index is -1.18. The lowest BCUT2D eigenvalue weighted by Gasteiger charge is -2.44. The number of likely N-dealkylation sites (tertiary alicyclic amines) is 1. The van der Waals surface area contributed by atoms with E-state index in [1.165, 1.54) is 11.1 Å². The predicted octanol–water partition coefficient (Wildman–Crippen LogP) is -0.839. The average molecular weight is 293 g/mol. The second kappa shape index (κ2) is 6.02. The summed E-state index contributed by atoms with van der Waals surface area (Å²) in [5.74, 6) is 0.422. The molecule has 0 aromatic heterocycles. The van der Waals surface area contributed by atoms with Crippen molar-refractivity contribution in [1.82, 2.24) is 4.90 Å². The molecule has 1 saturated heterocycles. The molecule has 4 N–H and O–H groups in total. The molecule has 1 aliphatic heterocycles. The number of aliphatic hydroxyl groups excluding tert-OH is 4. The SMILES string of the molecule is OC[C@H]1[C@@H](O)[C@H](O)[C@@H](O)CN1CC1Cc2ccccc2C1. The summed E-state index contributed by atoms with van der Waals surface area (Å²) in [5, 5.41) is 39.1. The van der Waals surface area contributed by atoms with Crippen LogP contribution < -0.4 is 0 Å². The third-order valence-electron chi connectivity index (χ3n) is 4.84. The molecule has 3 rings (SSSR count). The van der Waals surface area contributed by atoms with Crippen LogP contribution in [0.4, 0.5) is 0 Å². The fourth-order valence-electron chi connectivity index (χ4n) is 3.70. The van der Waals surface area contributed by atoms with Crippen molar-refractivity contribution < 1.29 is 20.4 Å². The van der Waals surface area contributed by atoms with Crippen molar-refractivity contribution in [2.75, 3.05) is 19.7 Å². The third-order valence-corrected chi connectivity index (χ3v) is 4.84. The summed E-state index contributed by atoms with van der Waals surface area (Å²) in [6, 6.07) is 7.86. The van der Waals surface area contributed by atoms with Gasteiger partial charge < -0.3 is 20.4 Å². The fourth-order valence-corrected chi connectivity index (χ4v) is 3.70. The van der Waals surface area contributed by atoms with Crippen LogP contribution >= 0.6 is 0 Å². The Labute approximate surface area is 124 Å². The minimum Gasteiger partial charge on any atom is -0.395 e. The molecule has 4 atom stereocenters. The topological polar surface area (TPSA) is 84.2 Å². The molecular formula is C16H23NO4. The fraction of sp³-hybridized carbons (Fsp3) is 0.625. The first-order valence-corrected chi connectivity index (χ1v) is 7.56. The molecule has 1 aromatic carbocycles. The number of rotatable bonds is 3. The maximum Gasteiger partial charge on any atom is 0.109 e. The van der Waals surface area contributed by atoms with E-state index in [1.807, 2.05) is 17.0 Å². The van der Waals surface area contributed by atoms with Crippen molar-refractivity contribution in [3.8, 4) is 0 Å². The van der Waals surface area contributed by atoms with Gasteiger partial charge in [-0.25, -0.2) is 0 Å². The summed E-state index contributed by atoms with van der Waals surface area (Å²) >= 11 is 0. The van der Waals surface area contributed by atoms with Gasteiger partial charge in [0.15, 0.2) is 0 Å². The zero-order valence-electron chi connectivity index (χ0n) is 12.0. The molecule has 0 saturated carbocycles. The predicted molar refractivity (Wildman–Crippen MR) is 77.8 cm³/mol. The number of hydrogen-bond acceptors (Lipinski definition) is 5. The molecule has 0 amide bonds. The molecule has 1 heterocycles. The smallest absolute Gasteiger partial charge is 0.109 e. The Morgan fingerprint density at radius 2 is 1.62 bits per heavy atom. The van der Waals surface area contributed by atoms with Crippen LogP contribution in [-0.4, -0.2) is 69.4 Å². The Kier molecular flexibility index (Phi) is 4.28. The van der Waals surface area contributed by atoms with Gasteiger partial charge in [-0.1, -0.05) is 24.3 Å². The Morgan fingerprint density at radius 3 is 2.19 bits per heavy atom. The molecule has 0 unspecified atom stereocenters. The molecule has 0 spiro atoms. The van der Waals surface area contributed by atoms with E-state index in [0.29, 0.717) is 12.5 Å². The van der Waals surface area contributed by atoms with E-state index in [2.05, 4.69) is 12.1 Å². The number of fused-ring (bicyclic) bond motifs is 1. The maximum atomic E-state index is 10.0. The van der Waals surface area contributed by atoms with Crippen LogP contribution in [0.25, 0.3) is 0 Å². The van der Waals surface area contributed by atoms with E-state index in [4.69, 9.17) is 0 Å². The van der Waals surface area contributed by atoms with E-state index in [1.54, 1.807) is 0 Å². The summed E-state index contributed by atoms with van der Waals surface area (Å²) in [4.78, 5) is 1.92. The lowest BCUT2D eigenvalue weighted by molar-refractivity contribution is -0.147. The Bertz CT molecular complexity index is 470. The molecule has 1 aromatic rings. The van der Waals surface area contributed by atoms with Gasteiger partial charge in [0, 0.05) is 13.1 Å². The highest BCUT2D eigenvalue weighted by Crippen LogP contribution is 2.29. The normalized spacial score (nSPS) is 34.1. The van der Waals surface area contributed by atoms with Gasteiger partial charge in [-0.05, 0) is 29.9 Å². The second-order valence-corrected chi connectivity index (χ2v) is 6.30. The highest BCUT2D eigenvalue weighted by Gasteiger charge is 2.41. The molecule has 1 fully saturated rings. The van der Waals surface area contributed by atoms with Crippen molar-refractivity contribution >= 4 is 0 Å². The second-order valence-electron chi connectivity index (χ2n) is 6.30. The van der Waals surface area contributed by atoms with Crippen LogP contribution in [0, 0.1) is 5.92 Å². The third kappa shape index (κ3) is 2.84. The van der Waals surface area contributed by atoms with Crippen molar-refractivity contribution in [3.63, 3.8) is 0 Å². The highest BCUT2D eigenvalue weighted by molar-refractivity contribution is 5.32. The van der Waals surface area contributed by atoms with Crippen molar-refractivity contribution in [3.05, 3.63) is 35.4 Å². The molecule has 5 nitrogen and oxygen atoms in total. The zero-order chi connectivity index (χ0) is 15.0. The maximum absolute atomic E-state index is 10.0. The van der Waals surface area contributed by atoms with Gasteiger partial charge in [0.25, 0.3) is 0 Å². The lowest BCUT2D eigenvalue weighted by Crippen LogP contribution is -2.63. The molecule has 116 valence electrons. The minimum absolute atomic E-state index is 0.218. The summed E-state index contributed by atoms with van der Waals surface area (Å²) in [7, 11) is 0. The molecule has 5 heteroatoms. The van der Waals surface area contributed by atoms with E-state index in [-0.39, 0.29) is 13.2 Å². The number of aliphatic hydroxyl groups is 4. The Balaban J connectivity index is 1.67. The van der Waals surface area contributed by atoms with Crippen LogP contribution in [0.5, 0.6) is 0 Å². The Morgan fingerprint density at radius 1 is 1.00 bits per heavy atom. The van der Waals surface area contributed by atoms with E-state index in [9.17, 15) is 20.4 Å². The summed E-state index contributed by atoms with van der Waals surface area (Å²) in [6.45, 7) is 0.779. The van der Waals surface area contributed by atoms with Crippen LogP contribution in [-0.2, 0) is 12.8 Å². The number of hydrogen-bond donors (Lipinski definition) is 4. The number of β-amino-alcohol motifs (C(OH)–C–C–N with tert-alkyl or cyclic N) is 1. The number of benzene rings is 1. The van der Waals surface area contributed by atoms with Crippen LogP contribution in [0.1, 0.15) is 11.1 Å². The summed E-state index contributed by atoms with van der Waals surface area (Å²) < 4.78 is 0. The molecule has 0 bridgehead atoms. The number of nitrogens with zero attached hydrogens (tertiary/aromatic N) is 1. The first kappa shape index (κ1) is 14.9. The molecule has 1 aliphatic carbocycles. The van der Waals surface area contributed by atoms with Gasteiger partial charge in [-0.3, -0.25) is 4.90 Å². The van der Waals surface area contributed by atoms with Crippen molar-refractivity contribution in [1.29, 1.82) is 0 Å². The van der Waals surface area contributed by atoms with Gasteiger partial charge in [-0.15, -0.1) is 0 Å². The van der Waals surface area contributed by atoms with Crippen LogP contribution in [0.15, 0.2) is 24.3 Å². The Hall–Kier alpha value is -0.980. The molecule has 21 heavy (non-hydrogen) atoms. The van der Waals surface area contributed by atoms with Crippen molar-refractivity contribution in [2.45, 2.75) is 37.2 Å². The first-order chi connectivity index (χ1) is 10.1. The van der Waals surface area contributed by atoms with E-state index < -0.39 is 24.4 Å². The van der Waals surface area contributed by atoms with Gasteiger partial charge in [0.05, 0.1) is 18.8 Å². The molecular weight excluding hydrogens is 270 g/mol.